The Morgan fingerprint density at radius 2 is 1.07 bits per heavy atom. The van der Waals surface area contributed by atoms with Crippen molar-refractivity contribution in [2.45, 2.75) is 6.61 Å². The molecule has 2 heterocycles. The minimum Gasteiger partial charge on any atom is -0.477 e. The summed E-state index contributed by atoms with van der Waals surface area (Å²) in [6.45, 7) is -0.143. The van der Waals surface area contributed by atoms with Crippen LogP contribution in [0.2, 0.25) is 10.0 Å². The second kappa shape index (κ2) is 15.0. The van der Waals surface area contributed by atoms with Crippen molar-refractivity contribution in [2.75, 3.05) is 0 Å². The molecule has 4 aromatic carbocycles. The number of hydrogen-bond acceptors (Lipinski definition) is 6. The molecule has 0 saturated heterocycles. The zero-order valence-corrected chi connectivity index (χ0v) is 25.2. The zero-order chi connectivity index (χ0) is 31.6. The summed E-state index contributed by atoms with van der Waals surface area (Å²) in [5.41, 5.74) is 5.08. The number of carboxylic acids is 1. The predicted molar refractivity (Wildman–Crippen MR) is 178 cm³/mol. The van der Waals surface area contributed by atoms with Crippen molar-refractivity contribution in [3.63, 3.8) is 0 Å². The largest absolute Gasteiger partial charge is 0.477 e. The molecule has 0 radical (unpaired) electrons. The molecular formula is C36H26Cl2N2O5. The van der Waals surface area contributed by atoms with Crippen molar-refractivity contribution in [1.82, 2.24) is 10.3 Å². The van der Waals surface area contributed by atoms with Crippen LogP contribution in [0, 0.1) is 0 Å². The lowest BCUT2D eigenvalue weighted by Gasteiger charge is -1.99. The molecule has 7 nitrogen and oxygen atoms in total. The van der Waals surface area contributed by atoms with Crippen LogP contribution in [0.1, 0.15) is 38.6 Å². The van der Waals surface area contributed by atoms with E-state index in [4.69, 9.17) is 32.2 Å². The van der Waals surface area contributed by atoms with Gasteiger partial charge < -0.3 is 19.3 Å². The van der Waals surface area contributed by atoms with Crippen LogP contribution in [-0.2, 0) is 6.61 Å². The van der Waals surface area contributed by atoms with Crippen LogP contribution in [-0.4, -0.2) is 26.5 Å². The molecule has 0 aliphatic rings. The van der Waals surface area contributed by atoms with Crippen LogP contribution in [0.25, 0.3) is 46.8 Å². The molecule has 6 rings (SSSR count). The molecule has 9 heteroatoms. The minimum absolute atomic E-state index is 0.0273. The molecule has 0 saturated carbocycles. The van der Waals surface area contributed by atoms with Gasteiger partial charge in [-0.05, 0) is 47.5 Å². The molecule has 0 amide bonds. The molecule has 0 aliphatic heterocycles. The second-order valence-corrected chi connectivity index (χ2v) is 10.5. The fraction of sp³-hybridized carbons (Fsp3) is 0.0278. The summed E-state index contributed by atoms with van der Waals surface area (Å²) in [7, 11) is 0. The number of benzene rings is 4. The summed E-state index contributed by atoms with van der Waals surface area (Å²) in [4.78, 5) is 11.6. The van der Waals surface area contributed by atoms with E-state index in [2.05, 4.69) is 10.3 Å². The number of aliphatic hydroxyl groups excluding tert-OH is 1. The SMILES string of the molecule is O=C(O)c1c(-c2ccc(Cl)cc2)noc1/C=C/c1ccccc1.OCc1c(-c2ccc(Cl)cc2)noc1/C=C/c1ccccc1. The average Bonchev–Trinajstić information content (AvgIpc) is 3.69. The Balaban J connectivity index is 0.000000178. The first kappa shape index (κ1) is 31.2. The number of hydrogen-bond donors (Lipinski definition) is 2. The molecule has 224 valence electrons. The standard InChI is InChI=1S/C18H12ClNO3.C18H14ClNO2/c19-14-9-7-13(8-10-14)17-16(18(21)22)15(23-20-17)11-6-12-4-2-1-3-5-12;19-15-9-7-14(8-10-15)18-16(12-21)17(22-20-18)11-6-13-4-2-1-3-5-13/h1-11H,(H,21,22);1-11,21H,12H2/b2*11-6+. The van der Waals surface area contributed by atoms with E-state index in [1.165, 1.54) is 0 Å². The lowest BCUT2D eigenvalue weighted by Crippen LogP contribution is -1.99. The Morgan fingerprint density at radius 3 is 1.56 bits per heavy atom. The van der Waals surface area contributed by atoms with E-state index in [9.17, 15) is 15.0 Å². The highest BCUT2D eigenvalue weighted by Gasteiger charge is 2.22. The van der Waals surface area contributed by atoms with Gasteiger partial charge in [-0.3, -0.25) is 0 Å². The van der Waals surface area contributed by atoms with Crippen molar-refractivity contribution in [1.29, 1.82) is 0 Å². The second-order valence-electron chi connectivity index (χ2n) is 9.61. The number of halogens is 2. The van der Waals surface area contributed by atoms with Crippen LogP contribution in [0.4, 0.5) is 0 Å². The Morgan fingerprint density at radius 1 is 0.622 bits per heavy atom. The Labute approximate surface area is 269 Å². The lowest BCUT2D eigenvalue weighted by molar-refractivity contribution is 0.0696. The normalized spacial score (nSPS) is 11.1. The first-order valence-corrected chi connectivity index (χ1v) is 14.5. The highest BCUT2D eigenvalue weighted by atomic mass is 35.5. The minimum atomic E-state index is -1.09. The van der Waals surface area contributed by atoms with Gasteiger partial charge in [0.15, 0.2) is 11.5 Å². The summed E-state index contributed by atoms with van der Waals surface area (Å²) >= 11 is 11.7. The van der Waals surface area contributed by atoms with Gasteiger partial charge in [0.25, 0.3) is 0 Å². The zero-order valence-electron chi connectivity index (χ0n) is 23.7. The van der Waals surface area contributed by atoms with E-state index in [1.807, 2.05) is 84.9 Å². The van der Waals surface area contributed by atoms with Gasteiger partial charge in [0.05, 0.1) is 12.2 Å². The molecule has 45 heavy (non-hydrogen) atoms. The van der Waals surface area contributed by atoms with E-state index in [0.717, 1.165) is 16.7 Å². The Hall–Kier alpha value is -5.21. The summed E-state index contributed by atoms with van der Waals surface area (Å²) in [6, 6.07) is 33.4. The smallest absolute Gasteiger partial charge is 0.341 e. The molecule has 0 aliphatic carbocycles. The summed E-state index contributed by atoms with van der Waals surface area (Å²) in [6.07, 6.45) is 7.11. The predicted octanol–water partition coefficient (Wildman–Crippen LogP) is 9.52. The number of aliphatic hydroxyl groups is 1. The van der Waals surface area contributed by atoms with Gasteiger partial charge in [0, 0.05) is 21.2 Å². The van der Waals surface area contributed by atoms with E-state index in [0.29, 0.717) is 32.6 Å². The quantitative estimate of drug-likeness (QED) is 0.171. The van der Waals surface area contributed by atoms with Crippen LogP contribution in [0.3, 0.4) is 0 Å². The van der Waals surface area contributed by atoms with Gasteiger partial charge >= 0.3 is 5.97 Å². The van der Waals surface area contributed by atoms with Gasteiger partial charge in [0.1, 0.15) is 17.0 Å². The first-order chi connectivity index (χ1) is 21.9. The van der Waals surface area contributed by atoms with E-state index >= 15 is 0 Å². The number of carboxylic acid groups (broad SMARTS) is 1. The fourth-order valence-corrected chi connectivity index (χ4v) is 4.59. The van der Waals surface area contributed by atoms with Crippen molar-refractivity contribution < 1.29 is 24.1 Å². The van der Waals surface area contributed by atoms with Crippen LogP contribution in [0.15, 0.2) is 118 Å². The van der Waals surface area contributed by atoms with Gasteiger partial charge in [-0.25, -0.2) is 4.79 Å². The third-order valence-electron chi connectivity index (χ3n) is 6.60. The van der Waals surface area contributed by atoms with Gasteiger partial charge in [-0.1, -0.05) is 131 Å². The third-order valence-corrected chi connectivity index (χ3v) is 7.10. The van der Waals surface area contributed by atoms with Crippen LogP contribution in [0.5, 0.6) is 0 Å². The molecule has 0 unspecified atom stereocenters. The maximum absolute atomic E-state index is 11.6. The molecular weight excluding hydrogens is 611 g/mol. The summed E-state index contributed by atoms with van der Waals surface area (Å²) < 4.78 is 10.6. The summed E-state index contributed by atoms with van der Waals surface area (Å²) in [5, 5.41) is 28.3. The fourth-order valence-electron chi connectivity index (χ4n) is 4.34. The van der Waals surface area contributed by atoms with E-state index < -0.39 is 5.97 Å². The van der Waals surface area contributed by atoms with E-state index in [1.54, 1.807) is 48.6 Å². The Kier molecular flexibility index (Phi) is 10.4. The van der Waals surface area contributed by atoms with E-state index in [-0.39, 0.29) is 23.6 Å². The number of aromatic nitrogens is 2. The average molecular weight is 638 g/mol. The Bertz CT molecular complexity index is 1910. The number of carbonyl (C=O) groups is 1. The maximum Gasteiger partial charge on any atom is 0.341 e. The number of aromatic carboxylic acids is 1. The van der Waals surface area contributed by atoms with Crippen molar-refractivity contribution >= 4 is 53.5 Å². The topological polar surface area (TPSA) is 110 Å². The van der Waals surface area contributed by atoms with Gasteiger partial charge in [-0.15, -0.1) is 0 Å². The number of rotatable bonds is 8. The van der Waals surface area contributed by atoms with Crippen LogP contribution < -0.4 is 0 Å². The van der Waals surface area contributed by atoms with Crippen molar-refractivity contribution in [3.05, 3.63) is 153 Å². The molecule has 0 fully saturated rings. The van der Waals surface area contributed by atoms with Crippen molar-refractivity contribution in [2.24, 2.45) is 0 Å². The van der Waals surface area contributed by atoms with Gasteiger partial charge in [0.2, 0.25) is 0 Å². The monoisotopic (exact) mass is 636 g/mol. The molecule has 2 N–H and O–H groups in total. The highest BCUT2D eigenvalue weighted by molar-refractivity contribution is 6.31. The number of nitrogens with zero attached hydrogens (tertiary/aromatic N) is 2. The highest BCUT2D eigenvalue weighted by Crippen LogP contribution is 2.29. The lowest BCUT2D eigenvalue weighted by atomic mass is 10.1. The first-order valence-electron chi connectivity index (χ1n) is 13.7. The molecule has 6 aromatic rings. The molecule has 0 bridgehead atoms. The molecule has 0 spiro atoms. The van der Waals surface area contributed by atoms with Gasteiger partial charge in [-0.2, -0.15) is 0 Å². The summed E-state index contributed by atoms with van der Waals surface area (Å²) in [5.74, 6) is -0.341. The maximum atomic E-state index is 11.6. The molecule has 0 atom stereocenters. The van der Waals surface area contributed by atoms with Crippen molar-refractivity contribution in [3.8, 4) is 22.5 Å². The molecule has 2 aromatic heterocycles. The van der Waals surface area contributed by atoms with Crippen LogP contribution >= 0.6 is 23.2 Å². The third kappa shape index (κ3) is 8.04.